The minimum Gasteiger partial charge on any atom is -0.468 e. The van der Waals surface area contributed by atoms with E-state index in [-0.39, 0.29) is 17.4 Å². The van der Waals surface area contributed by atoms with Crippen molar-refractivity contribution in [3.05, 3.63) is 35.9 Å². The summed E-state index contributed by atoms with van der Waals surface area (Å²) in [6.07, 6.45) is 0. The Kier molecular flexibility index (Phi) is 6.68. The molecule has 112 valence electrons. The van der Waals surface area contributed by atoms with E-state index in [1.807, 2.05) is 51.1 Å². The quantitative estimate of drug-likeness (QED) is 0.615. The van der Waals surface area contributed by atoms with E-state index >= 15 is 0 Å². The lowest BCUT2D eigenvalue weighted by Gasteiger charge is -2.29. The summed E-state index contributed by atoms with van der Waals surface area (Å²) >= 11 is 0. The highest BCUT2D eigenvalue weighted by molar-refractivity contribution is 5.76. The Labute approximate surface area is 121 Å². The zero-order chi connectivity index (χ0) is 15.0. The summed E-state index contributed by atoms with van der Waals surface area (Å²) in [7, 11) is 1.41. The number of carbonyl (C=O) groups is 1. The minimum atomic E-state index is -0.326. The van der Waals surface area contributed by atoms with Crippen LogP contribution in [0.2, 0.25) is 0 Å². The minimum absolute atomic E-state index is 0.188. The van der Waals surface area contributed by atoms with Crippen molar-refractivity contribution in [2.24, 2.45) is 5.41 Å². The van der Waals surface area contributed by atoms with Crippen LogP contribution in [-0.2, 0) is 20.9 Å². The molecule has 0 radical (unpaired) electrons. The molecule has 0 spiro atoms. The van der Waals surface area contributed by atoms with E-state index in [1.165, 1.54) is 7.11 Å². The molecular formula is C16H25NO3. The van der Waals surface area contributed by atoms with Gasteiger partial charge in [-0.15, -0.1) is 0 Å². The van der Waals surface area contributed by atoms with Crippen LogP contribution in [0.5, 0.6) is 0 Å². The lowest BCUT2D eigenvalue weighted by molar-refractivity contribution is -0.146. The van der Waals surface area contributed by atoms with E-state index in [2.05, 4.69) is 5.32 Å². The Morgan fingerprint density at radius 3 is 2.45 bits per heavy atom. The monoisotopic (exact) mass is 279 g/mol. The van der Waals surface area contributed by atoms with E-state index in [0.29, 0.717) is 19.8 Å². The zero-order valence-corrected chi connectivity index (χ0v) is 12.8. The van der Waals surface area contributed by atoms with Crippen LogP contribution in [0.1, 0.15) is 26.3 Å². The Morgan fingerprint density at radius 2 is 1.90 bits per heavy atom. The fourth-order valence-corrected chi connectivity index (χ4v) is 1.90. The van der Waals surface area contributed by atoms with Crippen LogP contribution in [0, 0.1) is 5.41 Å². The van der Waals surface area contributed by atoms with Crippen molar-refractivity contribution in [1.29, 1.82) is 0 Å². The number of carbonyl (C=O) groups excluding carboxylic acids is 1. The van der Waals surface area contributed by atoms with Crippen molar-refractivity contribution in [3.63, 3.8) is 0 Å². The van der Waals surface area contributed by atoms with Gasteiger partial charge in [0.2, 0.25) is 0 Å². The predicted octanol–water partition coefficient (Wildman–Crippen LogP) is 2.38. The summed E-state index contributed by atoms with van der Waals surface area (Å²) in [6.45, 7) is 7.77. The molecule has 0 saturated heterocycles. The van der Waals surface area contributed by atoms with E-state index in [1.54, 1.807) is 0 Å². The molecular weight excluding hydrogens is 254 g/mol. The topological polar surface area (TPSA) is 47.6 Å². The maximum atomic E-state index is 11.7. The number of nitrogens with one attached hydrogen (secondary N) is 1. The van der Waals surface area contributed by atoms with Crippen molar-refractivity contribution >= 4 is 5.97 Å². The van der Waals surface area contributed by atoms with E-state index in [9.17, 15) is 4.79 Å². The van der Waals surface area contributed by atoms with Gasteiger partial charge < -0.3 is 14.8 Å². The predicted molar refractivity (Wildman–Crippen MR) is 79.4 cm³/mol. The smallest absolute Gasteiger partial charge is 0.323 e. The van der Waals surface area contributed by atoms with Gasteiger partial charge in [0.15, 0.2) is 0 Å². The maximum absolute atomic E-state index is 11.7. The fraction of sp³-hybridized carbons (Fsp3) is 0.562. The SMILES string of the molecule is COC(=O)[C@@H](NCCOCc1ccccc1)C(C)(C)C. The molecule has 1 rings (SSSR count). The number of hydrogen-bond donors (Lipinski definition) is 1. The van der Waals surface area contributed by atoms with E-state index in [4.69, 9.17) is 9.47 Å². The maximum Gasteiger partial charge on any atom is 0.323 e. The van der Waals surface area contributed by atoms with Crippen LogP contribution in [0.4, 0.5) is 0 Å². The van der Waals surface area contributed by atoms with Crippen LogP contribution in [0.3, 0.4) is 0 Å². The Morgan fingerprint density at radius 1 is 1.25 bits per heavy atom. The van der Waals surface area contributed by atoms with Gasteiger partial charge in [-0.2, -0.15) is 0 Å². The van der Waals surface area contributed by atoms with Crippen LogP contribution in [0.15, 0.2) is 30.3 Å². The number of methoxy groups -OCH3 is 1. The van der Waals surface area contributed by atoms with Gasteiger partial charge in [0.05, 0.1) is 20.3 Å². The highest BCUT2D eigenvalue weighted by Crippen LogP contribution is 2.20. The molecule has 1 aromatic carbocycles. The van der Waals surface area contributed by atoms with Gasteiger partial charge >= 0.3 is 5.97 Å². The molecule has 0 heterocycles. The number of rotatable bonds is 7. The molecule has 0 amide bonds. The fourth-order valence-electron chi connectivity index (χ4n) is 1.90. The molecule has 1 atom stereocenters. The van der Waals surface area contributed by atoms with Crippen LogP contribution >= 0.6 is 0 Å². The molecule has 0 aromatic heterocycles. The zero-order valence-electron chi connectivity index (χ0n) is 12.8. The van der Waals surface area contributed by atoms with E-state index < -0.39 is 0 Å². The van der Waals surface area contributed by atoms with E-state index in [0.717, 1.165) is 5.56 Å². The largest absolute Gasteiger partial charge is 0.468 e. The third-order valence-electron chi connectivity index (χ3n) is 3.01. The first kappa shape index (κ1) is 16.7. The van der Waals surface area contributed by atoms with Crippen molar-refractivity contribution < 1.29 is 14.3 Å². The number of benzene rings is 1. The highest BCUT2D eigenvalue weighted by atomic mass is 16.5. The van der Waals surface area contributed by atoms with Crippen LogP contribution in [-0.4, -0.2) is 32.3 Å². The second kappa shape index (κ2) is 8.02. The summed E-state index contributed by atoms with van der Waals surface area (Å²) in [5, 5.41) is 3.20. The highest BCUT2D eigenvalue weighted by Gasteiger charge is 2.31. The molecule has 0 unspecified atom stereocenters. The van der Waals surface area contributed by atoms with Gasteiger partial charge in [-0.3, -0.25) is 4.79 Å². The number of hydrogen-bond acceptors (Lipinski definition) is 4. The molecule has 4 nitrogen and oxygen atoms in total. The van der Waals surface area contributed by atoms with Crippen molar-refractivity contribution in [2.45, 2.75) is 33.4 Å². The molecule has 0 aliphatic carbocycles. The molecule has 0 aliphatic rings. The summed E-state index contributed by atoms with van der Waals surface area (Å²) in [6, 6.07) is 9.69. The van der Waals surface area contributed by atoms with Crippen LogP contribution < -0.4 is 5.32 Å². The van der Waals surface area contributed by atoms with Gasteiger partial charge in [0.1, 0.15) is 6.04 Å². The van der Waals surface area contributed by atoms with Gasteiger partial charge in [-0.1, -0.05) is 51.1 Å². The molecule has 0 saturated carbocycles. The second-order valence-corrected chi connectivity index (χ2v) is 5.81. The first-order chi connectivity index (χ1) is 9.45. The molecule has 4 heteroatoms. The Bertz CT molecular complexity index is 398. The van der Waals surface area contributed by atoms with Crippen LogP contribution in [0.25, 0.3) is 0 Å². The first-order valence-corrected chi connectivity index (χ1v) is 6.88. The summed E-state index contributed by atoms with van der Waals surface area (Å²) in [5.74, 6) is -0.236. The van der Waals surface area contributed by atoms with Crippen molar-refractivity contribution in [3.8, 4) is 0 Å². The third-order valence-corrected chi connectivity index (χ3v) is 3.01. The van der Waals surface area contributed by atoms with Gasteiger partial charge in [0, 0.05) is 6.54 Å². The molecule has 1 aromatic rings. The normalized spacial score (nSPS) is 13.0. The van der Waals surface area contributed by atoms with Crippen molar-refractivity contribution in [1.82, 2.24) is 5.32 Å². The van der Waals surface area contributed by atoms with Crippen molar-refractivity contribution in [2.75, 3.05) is 20.3 Å². The molecule has 0 bridgehead atoms. The number of esters is 1. The summed E-state index contributed by atoms with van der Waals surface area (Å²) < 4.78 is 10.4. The van der Waals surface area contributed by atoms with Gasteiger partial charge in [0.25, 0.3) is 0 Å². The Balaban J connectivity index is 2.29. The summed E-state index contributed by atoms with van der Waals surface area (Å²) in [4.78, 5) is 11.7. The third kappa shape index (κ3) is 5.72. The Hall–Kier alpha value is -1.39. The molecule has 1 N–H and O–H groups in total. The average molecular weight is 279 g/mol. The van der Waals surface area contributed by atoms with Gasteiger partial charge in [-0.05, 0) is 11.0 Å². The van der Waals surface area contributed by atoms with Gasteiger partial charge in [-0.25, -0.2) is 0 Å². The lowest BCUT2D eigenvalue weighted by Crippen LogP contribution is -2.48. The molecule has 0 fully saturated rings. The standard InChI is InChI=1S/C16H25NO3/c1-16(2,3)14(15(18)19-4)17-10-11-20-12-13-8-6-5-7-9-13/h5-9,14,17H,10-12H2,1-4H3/t14-/m1/s1. The number of ether oxygens (including phenoxy) is 2. The summed E-state index contributed by atoms with van der Waals surface area (Å²) in [5.41, 5.74) is 0.958. The molecule has 0 aliphatic heterocycles. The molecule has 20 heavy (non-hydrogen) atoms. The average Bonchev–Trinajstić information content (AvgIpc) is 2.41. The first-order valence-electron chi connectivity index (χ1n) is 6.88. The lowest BCUT2D eigenvalue weighted by atomic mass is 9.87. The second-order valence-electron chi connectivity index (χ2n) is 5.81.